The van der Waals surface area contributed by atoms with Gasteiger partial charge in [-0.15, -0.1) is 0 Å². The van der Waals surface area contributed by atoms with Crippen LogP contribution in [0.3, 0.4) is 0 Å². The Labute approximate surface area is 87.0 Å². The van der Waals surface area contributed by atoms with E-state index >= 15 is 0 Å². The van der Waals surface area contributed by atoms with Crippen LogP contribution in [-0.4, -0.2) is 16.1 Å². The van der Waals surface area contributed by atoms with E-state index in [2.05, 4.69) is 0 Å². The molecule has 2 atom stereocenters. The van der Waals surface area contributed by atoms with Gasteiger partial charge in [-0.1, -0.05) is 12.2 Å². The Morgan fingerprint density at radius 1 is 1.53 bits per heavy atom. The van der Waals surface area contributed by atoms with Crippen molar-refractivity contribution in [1.82, 2.24) is 0 Å². The summed E-state index contributed by atoms with van der Waals surface area (Å²) in [5.41, 5.74) is 1.86. The summed E-state index contributed by atoms with van der Waals surface area (Å²) in [5.74, 6) is -0.125. The highest BCUT2D eigenvalue weighted by molar-refractivity contribution is 5.65. The van der Waals surface area contributed by atoms with Crippen LogP contribution in [0.25, 0.3) is 6.08 Å². The van der Waals surface area contributed by atoms with E-state index in [-0.39, 0.29) is 11.6 Å². The minimum absolute atomic E-state index is 0.0723. The van der Waals surface area contributed by atoms with Crippen molar-refractivity contribution in [2.45, 2.75) is 18.9 Å². The van der Waals surface area contributed by atoms with E-state index in [0.717, 1.165) is 11.1 Å². The van der Waals surface area contributed by atoms with Crippen molar-refractivity contribution in [3.8, 4) is 0 Å². The topological polar surface area (TPSA) is 63.4 Å². The number of nitro groups is 1. The number of nitro benzene ring substituents is 1. The minimum Gasteiger partial charge on any atom is -0.392 e. The number of fused-ring (bicyclic) bond motifs is 1. The Kier molecular flexibility index (Phi) is 2.28. The lowest BCUT2D eigenvalue weighted by Gasteiger charge is -2.13. The lowest BCUT2D eigenvalue weighted by molar-refractivity contribution is -0.384. The maximum absolute atomic E-state index is 10.6. The van der Waals surface area contributed by atoms with Crippen LogP contribution < -0.4 is 0 Å². The van der Waals surface area contributed by atoms with Crippen LogP contribution in [0, 0.1) is 10.1 Å². The summed E-state index contributed by atoms with van der Waals surface area (Å²) in [6.07, 6.45) is 3.24. The normalized spacial score (nSPS) is 20.0. The summed E-state index contributed by atoms with van der Waals surface area (Å²) in [4.78, 5) is 10.2. The molecule has 0 heterocycles. The number of nitrogens with zero attached hydrogens (tertiary/aromatic N) is 1. The largest absolute Gasteiger partial charge is 0.392 e. The molecule has 0 spiro atoms. The van der Waals surface area contributed by atoms with Gasteiger partial charge in [0.1, 0.15) is 0 Å². The fourth-order valence-corrected chi connectivity index (χ4v) is 1.85. The number of rotatable bonds is 2. The van der Waals surface area contributed by atoms with E-state index in [0.29, 0.717) is 0 Å². The average Bonchev–Trinajstić information content (AvgIpc) is 2.59. The number of aliphatic hydroxyl groups excluding tert-OH is 1. The molecule has 0 fully saturated rings. The summed E-state index contributed by atoms with van der Waals surface area (Å²) in [6, 6.07) is 4.73. The second-order valence-electron chi connectivity index (χ2n) is 3.70. The highest BCUT2D eigenvalue weighted by atomic mass is 16.6. The Bertz CT molecular complexity index is 437. The number of hydrogen-bond acceptors (Lipinski definition) is 3. The zero-order valence-corrected chi connectivity index (χ0v) is 8.25. The molecule has 0 amide bonds. The molecule has 4 heteroatoms. The van der Waals surface area contributed by atoms with Crippen molar-refractivity contribution in [1.29, 1.82) is 0 Å². The number of non-ortho nitro benzene ring substituents is 1. The van der Waals surface area contributed by atoms with Crippen molar-refractivity contribution in [3.05, 3.63) is 45.5 Å². The maximum atomic E-state index is 10.6. The molecule has 1 aromatic carbocycles. The third-order valence-corrected chi connectivity index (χ3v) is 2.64. The molecule has 0 saturated heterocycles. The van der Waals surface area contributed by atoms with E-state index in [1.807, 2.05) is 12.2 Å². The second kappa shape index (κ2) is 3.47. The van der Waals surface area contributed by atoms with E-state index in [1.54, 1.807) is 13.0 Å². The predicted octanol–water partition coefficient (Wildman–Crippen LogP) is 2.09. The number of aliphatic hydroxyl groups is 1. The number of benzene rings is 1. The zero-order chi connectivity index (χ0) is 11.0. The first-order valence-corrected chi connectivity index (χ1v) is 4.74. The molecule has 1 aliphatic rings. The lowest BCUT2D eigenvalue weighted by Crippen LogP contribution is -2.10. The Morgan fingerprint density at radius 2 is 2.27 bits per heavy atom. The van der Waals surface area contributed by atoms with Crippen LogP contribution >= 0.6 is 0 Å². The molecule has 1 N–H and O–H groups in total. The first-order valence-electron chi connectivity index (χ1n) is 4.74. The minimum atomic E-state index is -0.524. The van der Waals surface area contributed by atoms with Crippen LogP contribution in [-0.2, 0) is 0 Å². The van der Waals surface area contributed by atoms with Gasteiger partial charge in [-0.05, 0) is 24.1 Å². The molecule has 2 rings (SSSR count). The van der Waals surface area contributed by atoms with Crippen molar-refractivity contribution in [2.75, 3.05) is 0 Å². The Balaban J connectivity index is 2.45. The van der Waals surface area contributed by atoms with Crippen LogP contribution in [0.2, 0.25) is 0 Å². The third kappa shape index (κ3) is 1.64. The van der Waals surface area contributed by atoms with Gasteiger partial charge in [0.05, 0.1) is 11.0 Å². The van der Waals surface area contributed by atoms with Crippen LogP contribution in [0.15, 0.2) is 24.3 Å². The van der Waals surface area contributed by atoms with Crippen molar-refractivity contribution in [3.63, 3.8) is 0 Å². The molecule has 2 unspecified atom stereocenters. The van der Waals surface area contributed by atoms with E-state index < -0.39 is 11.0 Å². The molecular weight excluding hydrogens is 194 g/mol. The molecule has 1 aromatic rings. The Hall–Kier alpha value is -1.68. The summed E-state index contributed by atoms with van der Waals surface area (Å²) in [7, 11) is 0. The SMILES string of the molecule is CC(O)C1C=Cc2ccc([N+](=O)[O-])cc21. The highest BCUT2D eigenvalue weighted by Gasteiger charge is 2.23. The number of hydrogen-bond donors (Lipinski definition) is 1. The molecule has 0 aromatic heterocycles. The van der Waals surface area contributed by atoms with Crippen molar-refractivity contribution >= 4 is 11.8 Å². The molecule has 0 radical (unpaired) electrons. The molecule has 0 aliphatic heterocycles. The summed E-state index contributed by atoms with van der Waals surface area (Å²) in [5, 5.41) is 20.1. The van der Waals surface area contributed by atoms with E-state index in [4.69, 9.17) is 0 Å². The molecule has 1 aliphatic carbocycles. The van der Waals surface area contributed by atoms with E-state index in [1.165, 1.54) is 12.1 Å². The van der Waals surface area contributed by atoms with Gasteiger partial charge >= 0.3 is 0 Å². The van der Waals surface area contributed by atoms with Gasteiger partial charge in [0.15, 0.2) is 0 Å². The van der Waals surface area contributed by atoms with E-state index in [9.17, 15) is 15.2 Å². The maximum Gasteiger partial charge on any atom is 0.269 e. The van der Waals surface area contributed by atoms with Gasteiger partial charge in [-0.25, -0.2) is 0 Å². The predicted molar refractivity (Wildman–Crippen MR) is 56.6 cm³/mol. The van der Waals surface area contributed by atoms with Crippen LogP contribution in [0.4, 0.5) is 5.69 Å². The second-order valence-corrected chi connectivity index (χ2v) is 3.70. The molecule has 15 heavy (non-hydrogen) atoms. The Morgan fingerprint density at radius 3 is 2.87 bits per heavy atom. The molecule has 0 saturated carbocycles. The lowest BCUT2D eigenvalue weighted by atomic mass is 9.96. The van der Waals surface area contributed by atoms with Gasteiger partial charge in [0.25, 0.3) is 5.69 Å². The molecular formula is C11H11NO3. The first-order chi connectivity index (χ1) is 7.09. The standard InChI is InChI=1S/C11H11NO3/c1-7(13)10-5-3-8-2-4-9(12(14)15)6-11(8)10/h2-7,10,13H,1H3. The average molecular weight is 205 g/mol. The van der Waals surface area contributed by atoms with Gasteiger partial charge in [-0.3, -0.25) is 10.1 Å². The molecule has 78 valence electrons. The monoisotopic (exact) mass is 205 g/mol. The quantitative estimate of drug-likeness (QED) is 0.594. The van der Waals surface area contributed by atoms with Gasteiger partial charge < -0.3 is 5.11 Å². The molecule has 0 bridgehead atoms. The van der Waals surface area contributed by atoms with Crippen molar-refractivity contribution in [2.24, 2.45) is 0 Å². The van der Waals surface area contributed by atoms with Gasteiger partial charge in [0, 0.05) is 18.1 Å². The summed E-state index contributed by atoms with van der Waals surface area (Å²) < 4.78 is 0. The smallest absolute Gasteiger partial charge is 0.269 e. The fraction of sp³-hybridized carbons (Fsp3) is 0.273. The molecule has 4 nitrogen and oxygen atoms in total. The van der Waals surface area contributed by atoms with Gasteiger partial charge in [-0.2, -0.15) is 0 Å². The van der Waals surface area contributed by atoms with Crippen LogP contribution in [0.5, 0.6) is 0 Å². The highest BCUT2D eigenvalue weighted by Crippen LogP contribution is 2.34. The van der Waals surface area contributed by atoms with Gasteiger partial charge in [0.2, 0.25) is 0 Å². The fourth-order valence-electron chi connectivity index (χ4n) is 1.85. The summed E-state index contributed by atoms with van der Waals surface area (Å²) in [6.45, 7) is 1.68. The first kappa shape index (κ1) is 9.86. The van der Waals surface area contributed by atoms with Crippen molar-refractivity contribution < 1.29 is 10.0 Å². The zero-order valence-electron chi connectivity index (χ0n) is 8.25. The third-order valence-electron chi connectivity index (χ3n) is 2.64. The van der Waals surface area contributed by atoms with Crippen LogP contribution in [0.1, 0.15) is 24.0 Å². The summed E-state index contributed by atoms with van der Waals surface area (Å²) >= 11 is 0.